The van der Waals surface area contributed by atoms with Crippen molar-refractivity contribution in [1.82, 2.24) is 15.0 Å². The first-order valence-corrected chi connectivity index (χ1v) is 9.52. The van der Waals surface area contributed by atoms with Gasteiger partial charge in [0.15, 0.2) is 11.0 Å². The summed E-state index contributed by atoms with van der Waals surface area (Å²) in [6.45, 7) is 0.733. The van der Waals surface area contributed by atoms with E-state index < -0.39 is 0 Å². The summed E-state index contributed by atoms with van der Waals surface area (Å²) in [4.78, 5) is 23.7. The van der Waals surface area contributed by atoms with Crippen molar-refractivity contribution in [3.8, 4) is 0 Å². The average molecular weight is 376 g/mol. The first kappa shape index (κ1) is 17.2. The number of nitrogens with one attached hydrogen (secondary N) is 2. The molecule has 0 aliphatic carbocycles. The highest BCUT2D eigenvalue weighted by Gasteiger charge is 2.20. The quantitative estimate of drug-likeness (QED) is 0.401. The first-order chi connectivity index (χ1) is 13.3. The lowest BCUT2D eigenvalue weighted by atomic mass is 10.2. The summed E-state index contributed by atoms with van der Waals surface area (Å²) in [5.74, 6) is 0.438. The van der Waals surface area contributed by atoms with Crippen LogP contribution in [0.25, 0.3) is 11.0 Å². The van der Waals surface area contributed by atoms with Crippen LogP contribution in [0, 0.1) is 0 Å². The maximum absolute atomic E-state index is 12.2. The molecular formula is C20H18N5OS+. The fraction of sp³-hybridized carbons (Fsp3) is 0.100. The van der Waals surface area contributed by atoms with E-state index in [9.17, 15) is 4.79 Å². The fourth-order valence-corrected chi connectivity index (χ4v) is 3.64. The van der Waals surface area contributed by atoms with Gasteiger partial charge in [0.05, 0.1) is 5.75 Å². The number of amides is 1. The Morgan fingerprint density at radius 3 is 2.56 bits per heavy atom. The molecule has 1 amide bonds. The molecule has 0 atom stereocenters. The highest BCUT2D eigenvalue weighted by Crippen LogP contribution is 2.19. The molecule has 0 aliphatic rings. The summed E-state index contributed by atoms with van der Waals surface area (Å²) < 4.78 is 2.20. The van der Waals surface area contributed by atoms with Gasteiger partial charge in [-0.2, -0.15) is 0 Å². The summed E-state index contributed by atoms with van der Waals surface area (Å²) in [5, 5.41) is 3.64. The molecular weight excluding hydrogens is 358 g/mol. The SMILES string of the molecule is O=C(CSc1[nH]c2ccccc2[n+]1Cc1ccccc1)Nc1ncccn1. The number of fused-ring (bicyclic) bond motifs is 1. The van der Waals surface area contributed by atoms with E-state index in [-0.39, 0.29) is 11.7 Å². The van der Waals surface area contributed by atoms with E-state index in [1.54, 1.807) is 18.5 Å². The van der Waals surface area contributed by atoms with E-state index in [0.717, 1.165) is 22.7 Å². The highest BCUT2D eigenvalue weighted by atomic mass is 32.2. The molecule has 27 heavy (non-hydrogen) atoms. The Kier molecular flexibility index (Phi) is 5.11. The summed E-state index contributed by atoms with van der Waals surface area (Å²) >= 11 is 1.46. The van der Waals surface area contributed by atoms with Crippen molar-refractivity contribution in [3.63, 3.8) is 0 Å². The normalized spacial score (nSPS) is 10.8. The molecule has 134 valence electrons. The zero-order valence-corrected chi connectivity index (χ0v) is 15.3. The van der Waals surface area contributed by atoms with Crippen LogP contribution in [-0.2, 0) is 11.3 Å². The van der Waals surface area contributed by atoms with Gasteiger partial charge in [-0.1, -0.05) is 42.5 Å². The predicted octanol–water partition coefficient (Wildman–Crippen LogP) is 3.02. The molecule has 0 unspecified atom stereocenters. The average Bonchev–Trinajstić information content (AvgIpc) is 3.06. The largest absolute Gasteiger partial charge is 0.317 e. The van der Waals surface area contributed by atoms with Crippen molar-refractivity contribution < 1.29 is 9.36 Å². The molecule has 0 radical (unpaired) electrons. The zero-order valence-electron chi connectivity index (χ0n) is 14.5. The maximum Gasteiger partial charge on any atom is 0.317 e. The van der Waals surface area contributed by atoms with Crippen LogP contribution in [-0.4, -0.2) is 26.6 Å². The molecule has 0 fully saturated rings. The van der Waals surface area contributed by atoms with Crippen LogP contribution in [0.4, 0.5) is 5.95 Å². The van der Waals surface area contributed by atoms with Gasteiger partial charge < -0.3 is 0 Å². The number of hydrogen-bond donors (Lipinski definition) is 2. The Balaban J connectivity index is 1.54. The summed E-state index contributed by atoms with van der Waals surface area (Å²) in [7, 11) is 0. The van der Waals surface area contributed by atoms with E-state index in [4.69, 9.17) is 0 Å². The topological polar surface area (TPSA) is 74.6 Å². The van der Waals surface area contributed by atoms with Crippen LogP contribution in [0.2, 0.25) is 0 Å². The van der Waals surface area contributed by atoms with E-state index in [2.05, 4.69) is 43.0 Å². The molecule has 0 bridgehead atoms. The third kappa shape index (κ3) is 4.15. The predicted molar refractivity (Wildman–Crippen MR) is 105 cm³/mol. The van der Waals surface area contributed by atoms with Crippen molar-refractivity contribution in [2.45, 2.75) is 11.7 Å². The van der Waals surface area contributed by atoms with Gasteiger partial charge in [0.1, 0.15) is 6.54 Å². The minimum Gasteiger partial charge on any atom is -0.294 e. The Morgan fingerprint density at radius 2 is 1.74 bits per heavy atom. The van der Waals surface area contributed by atoms with E-state index in [1.807, 2.05) is 36.4 Å². The summed E-state index contributed by atoms with van der Waals surface area (Å²) in [5.41, 5.74) is 3.36. The number of aromatic nitrogens is 4. The molecule has 6 nitrogen and oxygen atoms in total. The molecule has 2 N–H and O–H groups in total. The molecule has 0 aliphatic heterocycles. The lowest BCUT2D eigenvalue weighted by Crippen LogP contribution is -2.35. The molecule has 2 aromatic carbocycles. The van der Waals surface area contributed by atoms with E-state index >= 15 is 0 Å². The van der Waals surface area contributed by atoms with E-state index in [1.165, 1.54) is 17.3 Å². The number of H-pyrrole nitrogens is 1. The van der Waals surface area contributed by atoms with Crippen molar-refractivity contribution in [2.24, 2.45) is 0 Å². The minimum atomic E-state index is -0.142. The lowest BCUT2D eigenvalue weighted by Gasteiger charge is -2.03. The maximum atomic E-state index is 12.2. The van der Waals surface area contributed by atoms with Crippen LogP contribution < -0.4 is 9.88 Å². The second kappa shape index (κ2) is 8.01. The number of aromatic amines is 1. The molecule has 2 aromatic heterocycles. The summed E-state index contributed by atoms with van der Waals surface area (Å²) in [6, 6.07) is 20.1. The smallest absolute Gasteiger partial charge is 0.294 e. The second-order valence-electron chi connectivity index (χ2n) is 5.93. The third-order valence-electron chi connectivity index (χ3n) is 4.02. The first-order valence-electron chi connectivity index (χ1n) is 8.54. The number of carbonyl (C=O) groups excluding carboxylic acids is 1. The van der Waals surface area contributed by atoms with Crippen LogP contribution in [0.15, 0.2) is 78.2 Å². The second-order valence-corrected chi connectivity index (χ2v) is 6.89. The Hall–Kier alpha value is -3.19. The number of carbonyl (C=O) groups is 1. The fourth-order valence-electron chi connectivity index (χ4n) is 2.80. The molecule has 0 spiro atoms. The molecule has 0 saturated heterocycles. The van der Waals surface area contributed by atoms with Crippen LogP contribution in [0.5, 0.6) is 0 Å². The lowest BCUT2D eigenvalue weighted by molar-refractivity contribution is -0.700. The van der Waals surface area contributed by atoms with Crippen molar-refractivity contribution >= 4 is 34.7 Å². The van der Waals surface area contributed by atoms with Gasteiger partial charge >= 0.3 is 5.16 Å². The molecule has 0 saturated carbocycles. The van der Waals surface area contributed by atoms with Gasteiger partial charge in [-0.15, -0.1) is 0 Å². The van der Waals surface area contributed by atoms with Crippen molar-refractivity contribution in [1.29, 1.82) is 0 Å². The van der Waals surface area contributed by atoms with Gasteiger partial charge in [-0.25, -0.2) is 19.5 Å². The number of anilines is 1. The van der Waals surface area contributed by atoms with Crippen LogP contribution in [0.3, 0.4) is 0 Å². The van der Waals surface area contributed by atoms with Gasteiger partial charge in [0.2, 0.25) is 11.9 Å². The Morgan fingerprint density at radius 1 is 1.00 bits per heavy atom. The zero-order chi connectivity index (χ0) is 18.5. The van der Waals surface area contributed by atoms with E-state index in [0.29, 0.717) is 5.95 Å². The van der Waals surface area contributed by atoms with Gasteiger partial charge in [-0.3, -0.25) is 10.1 Å². The van der Waals surface area contributed by atoms with Crippen LogP contribution >= 0.6 is 11.8 Å². The number of para-hydroxylation sites is 2. The standard InChI is InChI=1S/C20H17N5OS/c26-18(24-19-21-11-6-12-22-19)14-27-20-23-16-9-4-5-10-17(16)25(20)13-15-7-2-1-3-8-15/h1-12H,13-14H2,(H,21,22,24,26)/p+1. The van der Waals surface area contributed by atoms with Gasteiger partial charge in [-0.05, 0) is 35.5 Å². The molecule has 4 aromatic rings. The minimum absolute atomic E-state index is 0.142. The number of thioether (sulfide) groups is 1. The van der Waals surface area contributed by atoms with Crippen LogP contribution in [0.1, 0.15) is 5.56 Å². The van der Waals surface area contributed by atoms with Gasteiger partial charge in [0.25, 0.3) is 0 Å². The monoisotopic (exact) mass is 376 g/mol. The Labute approximate surface area is 160 Å². The molecule has 2 heterocycles. The number of benzene rings is 2. The molecule has 4 rings (SSSR count). The Bertz CT molecular complexity index is 1050. The third-order valence-corrected chi connectivity index (χ3v) is 5.02. The number of rotatable bonds is 6. The number of nitrogens with zero attached hydrogens (tertiary/aromatic N) is 3. The summed E-state index contributed by atoms with van der Waals surface area (Å²) in [6.07, 6.45) is 3.20. The number of imidazole rings is 1. The van der Waals surface area contributed by atoms with Crippen molar-refractivity contribution in [2.75, 3.05) is 11.1 Å². The van der Waals surface area contributed by atoms with Crippen molar-refractivity contribution in [3.05, 3.63) is 78.6 Å². The number of hydrogen-bond acceptors (Lipinski definition) is 4. The van der Waals surface area contributed by atoms with Gasteiger partial charge in [0, 0.05) is 12.4 Å². The molecule has 7 heteroatoms. The highest BCUT2D eigenvalue weighted by molar-refractivity contribution is 7.99.